The van der Waals surface area contributed by atoms with Gasteiger partial charge in [0.25, 0.3) is 5.82 Å². The third-order valence-electron chi connectivity index (χ3n) is 4.01. The second-order valence-electron chi connectivity index (χ2n) is 5.40. The van der Waals surface area contributed by atoms with Crippen LogP contribution in [-0.4, -0.2) is 44.2 Å². The number of piperazine rings is 1. The number of rotatable bonds is 2. The predicted octanol–water partition coefficient (Wildman–Crippen LogP) is 1.88. The van der Waals surface area contributed by atoms with Gasteiger partial charge in [0.05, 0.1) is 19.3 Å². The summed E-state index contributed by atoms with van der Waals surface area (Å²) in [5.74, 6) is 1.10. The quantitative estimate of drug-likeness (QED) is 0.849. The number of anilines is 2. The average Bonchev–Trinajstić information content (AvgIpc) is 2.62. The Bertz CT molecular complexity index is 609. The molecule has 5 heteroatoms. The monoisotopic (exact) mass is 297 g/mol. The van der Waals surface area contributed by atoms with Gasteiger partial charge in [-0.2, -0.15) is 0 Å². The highest BCUT2D eigenvalue weighted by Crippen LogP contribution is 2.15. The largest absolute Gasteiger partial charge is 0.324 e. The topological polar surface area (TPSA) is 40.9 Å². The molecule has 1 saturated heterocycles. The molecular weight excluding hydrogens is 276 g/mol. The number of nitrogens with one attached hydrogen (secondary N) is 1. The number of hydrogen-bond donors (Lipinski definition) is 0. The minimum atomic E-state index is 0.0582. The van der Waals surface area contributed by atoms with Gasteiger partial charge in [0, 0.05) is 18.8 Å². The fraction of sp³-hybridized carbons (Fsp3) is 0.294. The molecule has 5 nitrogen and oxygen atoms in total. The van der Waals surface area contributed by atoms with E-state index in [-0.39, 0.29) is 6.03 Å². The fourth-order valence-electron chi connectivity index (χ4n) is 2.69. The Balaban J connectivity index is 1.60. The van der Waals surface area contributed by atoms with Crippen molar-refractivity contribution >= 4 is 17.5 Å². The van der Waals surface area contributed by atoms with E-state index in [2.05, 4.69) is 16.0 Å². The molecule has 2 amide bonds. The van der Waals surface area contributed by atoms with E-state index in [1.165, 1.54) is 0 Å². The van der Waals surface area contributed by atoms with Crippen LogP contribution in [0.1, 0.15) is 0 Å². The summed E-state index contributed by atoms with van der Waals surface area (Å²) < 4.78 is 0. The number of amides is 2. The van der Waals surface area contributed by atoms with Crippen molar-refractivity contribution in [3.8, 4) is 0 Å². The summed E-state index contributed by atoms with van der Waals surface area (Å²) in [7, 11) is 1.83. The zero-order chi connectivity index (χ0) is 15.4. The highest BCUT2D eigenvalue weighted by Gasteiger charge is 2.27. The first-order chi connectivity index (χ1) is 10.8. The van der Waals surface area contributed by atoms with E-state index >= 15 is 0 Å². The number of carbonyl (C=O) groups excluding carboxylic acids is 1. The zero-order valence-corrected chi connectivity index (χ0v) is 12.8. The third-order valence-corrected chi connectivity index (χ3v) is 4.01. The van der Waals surface area contributed by atoms with Crippen LogP contribution in [0.2, 0.25) is 0 Å². The van der Waals surface area contributed by atoms with Crippen LogP contribution in [0.3, 0.4) is 0 Å². The molecule has 0 bridgehead atoms. The molecule has 1 aliphatic heterocycles. The number of carbonyl (C=O) groups is 1. The number of para-hydroxylation sites is 1. The molecule has 0 radical (unpaired) electrons. The molecule has 1 fully saturated rings. The van der Waals surface area contributed by atoms with E-state index in [0.717, 1.165) is 37.7 Å². The lowest BCUT2D eigenvalue weighted by Crippen LogP contribution is -2.53. The van der Waals surface area contributed by atoms with Crippen molar-refractivity contribution < 1.29 is 9.78 Å². The van der Waals surface area contributed by atoms with E-state index in [9.17, 15) is 4.79 Å². The van der Waals surface area contributed by atoms with Gasteiger partial charge in [-0.3, -0.25) is 9.80 Å². The van der Waals surface area contributed by atoms with Crippen molar-refractivity contribution in [3.05, 3.63) is 54.7 Å². The maximum atomic E-state index is 12.6. The minimum absolute atomic E-state index is 0.0582. The molecule has 2 aromatic rings. The molecule has 0 aliphatic carbocycles. The predicted molar refractivity (Wildman–Crippen MR) is 87.0 cm³/mol. The van der Waals surface area contributed by atoms with Crippen LogP contribution >= 0.6 is 0 Å². The summed E-state index contributed by atoms with van der Waals surface area (Å²) >= 11 is 0. The second kappa shape index (κ2) is 6.47. The number of aromatic amines is 1. The molecule has 0 atom stereocenters. The molecule has 22 heavy (non-hydrogen) atoms. The van der Waals surface area contributed by atoms with Crippen molar-refractivity contribution in [2.45, 2.75) is 0 Å². The van der Waals surface area contributed by atoms with Gasteiger partial charge in [-0.1, -0.05) is 24.3 Å². The van der Waals surface area contributed by atoms with E-state index in [4.69, 9.17) is 0 Å². The van der Waals surface area contributed by atoms with Crippen LogP contribution in [-0.2, 0) is 0 Å². The van der Waals surface area contributed by atoms with Crippen LogP contribution in [0.4, 0.5) is 16.3 Å². The molecule has 0 spiro atoms. The number of pyridine rings is 1. The molecular formula is C17H21N4O+. The zero-order valence-electron chi connectivity index (χ0n) is 12.8. The van der Waals surface area contributed by atoms with Crippen molar-refractivity contribution in [1.82, 2.24) is 4.90 Å². The van der Waals surface area contributed by atoms with Crippen molar-refractivity contribution in [3.63, 3.8) is 0 Å². The molecule has 114 valence electrons. The van der Waals surface area contributed by atoms with Crippen LogP contribution in [0.5, 0.6) is 0 Å². The summed E-state index contributed by atoms with van der Waals surface area (Å²) in [6, 6.07) is 15.9. The van der Waals surface area contributed by atoms with Gasteiger partial charge in [0.2, 0.25) is 0 Å². The van der Waals surface area contributed by atoms with E-state index in [0.29, 0.717) is 0 Å². The molecule has 1 aromatic heterocycles. The first kappa shape index (κ1) is 14.4. The molecule has 1 aliphatic rings. The normalized spacial score (nSPS) is 14.8. The molecule has 1 N–H and O–H groups in total. The number of urea groups is 1. The lowest BCUT2D eigenvalue weighted by molar-refractivity contribution is -0.364. The minimum Gasteiger partial charge on any atom is -0.317 e. The van der Waals surface area contributed by atoms with Gasteiger partial charge >= 0.3 is 6.03 Å². The Labute approximate surface area is 130 Å². The lowest BCUT2D eigenvalue weighted by Gasteiger charge is -2.33. The fourth-order valence-corrected chi connectivity index (χ4v) is 2.69. The summed E-state index contributed by atoms with van der Waals surface area (Å²) in [4.78, 5) is 21.7. The first-order valence-corrected chi connectivity index (χ1v) is 7.55. The maximum absolute atomic E-state index is 12.6. The summed E-state index contributed by atoms with van der Waals surface area (Å²) in [6.07, 6.45) is 1.93. The van der Waals surface area contributed by atoms with Gasteiger partial charge in [0.15, 0.2) is 0 Å². The molecule has 2 heterocycles. The summed E-state index contributed by atoms with van der Waals surface area (Å²) in [6.45, 7) is 3.15. The number of benzene rings is 1. The van der Waals surface area contributed by atoms with E-state index in [1.54, 1.807) is 4.90 Å². The smallest absolute Gasteiger partial charge is 0.317 e. The molecule has 0 unspecified atom stereocenters. The van der Waals surface area contributed by atoms with Gasteiger partial charge in [-0.05, 0) is 18.2 Å². The number of hydrogen-bond acceptors (Lipinski definition) is 2. The second-order valence-corrected chi connectivity index (χ2v) is 5.40. The summed E-state index contributed by atoms with van der Waals surface area (Å²) in [5, 5.41) is 0. The van der Waals surface area contributed by atoms with Crippen molar-refractivity contribution in [1.29, 1.82) is 0 Å². The van der Waals surface area contributed by atoms with Gasteiger partial charge < -0.3 is 4.90 Å². The van der Waals surface area contributed by atoms with Crippen LogP contribution < -0.4 is 14.8 Å². The SMILES string of the molecule is CN(C(=O)N1CCN(c2cccc[nH+]2)CC1)c1ccccc1. The Morgan fingerprint density at radius 3 is 2.32 bits per heavy atom. The summed E-state index contributed by atoms with van der Waals surface area (Å²) in [5.41, 5.74) is 0.923. The number of aromatic nitrogens is 1. The van der Waals surface area contributed by atoms with Crippen molar-refractivity contribution in [2.75, 3.05) is 43.0 Å². The maximum Gasteiger partial charge on any atom is 0.324 e. The highest BCUT2D eigenvalue weighted by atomic mass is 16.2. The Morgan fingerprint density at radius 1 is 1.00 bits per heavy atom. The standard InChI is InChI=1S/C17H20N4O/c1-19(15-7-3-2-4-8-15)17(22)21-13-11-20(12-14-21)16-9-5-6-10-18-16/h2-10H,11-14H2,1H3/p+1. The average molecular weight is 297 g/mol. The van der Waals surface area contributed by atoms with Crippen LogP contribution in [0.15, 0.2) is 54.7 Å². The molecule has 0 saturated carbocycles. The van der Waals surface area contributed by atoms with E-state index < -0.39 is 0 Å². The van der Waals surface area contributed by atoms with Crippen LogP contribution in [0, 0.1) is 0 Å². The molecule has 3 rings (SSSR count). The lowest BCUT2D eigenvalue weighted by atomic mass is 10.3. The Morgan fingerprint density at radius 2 is 1.68 bits per heavy atom. The van der Waals surface area contributed by atoms with Crippen LogP contribution in [0.25, 0.3) is 0 Å². The van der Waals surface area contributed by atoms with E-state index in [1.807, 2.05) is 60.6 Å². The Kier molecular flexibility index (Phi) is 4.23. The van der Waals surface area contributed by atoms with Gasteiger partial charge in [-0.15, -0.1) is 0 Å². The third kappa shape index (κ3) is 3.03. The Hall–Kier alpha value is -2.56. The molecule has 1 aromatic carbocycles. The van der Waals surface area contributed by atoms with Crippen molar-refractivity contribution in [2.24, 2.45) is 0 Å². The number of H-pyrrole nitrogens is 1. The highest BCUT2D eigenvalue weighted by molar-refractivity contribution is 5.91. The number of nitrogens with zero attached hydrogens (tertiary/aromatic N) is 3. The van der Waals surface area contributed by atoms with Gasteiger partial charge in [-0.25, -0.2) is 9.78 Å². The first-order valence-electron chi connectivity index (χ1n) is 7.55. The van der Waals surface area contributed by atoms with Gasteiger partial charge in [0.1, 0.15) is 13.1 Å².